The summed E-state index contributed by atoms with van der Waals surface area (Å²) in [5.41, 5.74) is -0.390. The van der Waals surface area contributed by atoms with Gasteiger partial charge < -0.3 is 19.9 Å². The van der Waals surface area contributed by atoms with Crippen molar-refractivity contribution in [2.45, 2.75) is 25.8 Å². The lowest BCUT2D eigenvalue weighted by Crippen LogP contribution is -2.35. The molecule has 1 amide bonds. The van der Waals surface area contributed by atoms with Crippen molar-refractivity contribution < 1.29 is 24.2 Å². The van der Waals surface area contributed by atoms with E-state index >= 15 is 0 Å². The van der Waals surface area contributed by atoms with E-state index in [4.69, 9.17) is 9.47 Å². The summed E-state index contributed by atoms with van der Waals surface area (Å²) < 4.78 is 12.4. The van der Waals surface area contributed by atoms with Gasteiger partial charge in [0.25, 0.3) is 5.91 Å². The second kappa shape index (κ2) is 6.46. The smallest absolute Gasteiger partial charge is 0.331 e. The number of aromatic nitrogens is 2. The maximum absolute atomic E-state index is 12.4. The summed E-state index contributed by atoms with van der Waals surface area (Å²) in [6.07, 6.45) is 3.68. The van der Waals surface area contributed by atoms with Crippen molar-refractivity contribution in [3.8, 4) is 11.5 Å². The Kier molecular flexibility index (Phi) is 4.35. The fourth-order valence-corrected chi connectivity index (χ4v) is 2.30. The number of fused-ring (bicyclic) bond motifs is 1. The van der Waals surface area contributed by atoms with Gasteiger partial charge in [0.05, 0.1) is 25.1 Å². The predicted octanol–water partition coefficient (Wildman–Crippen LogP) is 2.12. The second-order valence-corrected chi connectivity index (χ2v) is 6.20. The summed E-state index contributed by atoms with van der Waals surface area (Å²) >= 11 is 0. The molecule has 132 valence electrons. The highest BCUT2D eigenvalue weighted by Crippen LogP contribution is 2.30. The number of anilines is 1. The third-order valence-corrected chi connectivity index (χ3v) is 3.95. The Morgan fingerprint density at radius 2 is 1.96 bits per heavy atom. The van der Waals surface area contributed by atoms with Gasteiger partial charge in [0.1, 0.15) is 0 Å². The van der Waals surface area contributed by atoms with Crippen molar-refractivity contribution in [3.63, 3.8) is 0 Å². The summed E-state index contributed by atoms with van der Waals surface area (Å²) in [5.74, 6) is -0.211. The van der Waals surface area contributed by atoms with Gasteiger partial charge in [-0.05, 0) is 32.0 Å². The first kappa shape index (κ1) is 16.8. The zero-order chi connectivity index (χ0) is 18.0. The Hall–Kier alpha value is -3.03. The highest BCUT2D eigenvalue weighted by Gasteiger charge is 2.30. The summed E-state index contributed by atoms with van der Waals surface area (Å²) in [6, 6.07) is 4.97. The van der Waals surface area contributed by atoms with Crippen LogP contribution in [0.2, 0.25) is 0 Å². The summed E-state index contributed by atoms with van der Waals surface area (Å²) in [4.78, 5) is 23.7. The van der Waals surface area contributed by atoms with E-state index in [0.29, 0.717) is 36.0 Å². The number of carboxylic acids is 1. The molecule has 2 N–H and O–H groups in total. The zero-order valence-corrected chi connectivity index (χ0v) is 14.0. The first-order chi connectivity index (χ1) is 11.9. The Labute approximate surface area is 144 Å². The number of nitrogens with one attached hydrogen (secondary N) is 1. The van der Waals surface area contributed by atoms with Crippen LogP contribution in [0.25, 0.3) is 0 Å². The van der Waals surface area contributed by atoms with Gasteiger partial charge in [-0.3, -0.25) is 9.48 Å². The molecule has 0 atom stereocenters. The van der Waals surface area contributed by atoms with Crippen LogP contribution in [-0.2, 0) is 10.3 Å². The molecular weight excluding hydrogens is 326 g/mol. The number of rotatable bonds is 4. The van der Waals surface area contributed by atoms with Crippen LogP contribution in [0.4, 0.5) is 5.69 Å². The number of carbonyl (C=O) groups excluding carboxylic acids is 1. The SMILES string of the molecule is CC(C)(C(=O)O)n1cc(NC(=O)c2ccc3c(c2)OCCCO3)cn1. The Morgan fingerprint density at radius 1 is 1.24 bits per heavy atom. The molecule has 0 bridgehead atoms. The van der Waals surface area contributed by atoms with E-state index in [-0.39, 0.29) is 5.91 Å². The van der Waals surface area contributed by atoms with E-state index in [9.17, 15) is 14.7 Å². The van der Waals surface area contributed by atoms with Crippen LogP contribution in [0.5, 0.6) is 11.5 Å². The van der Waals surface area contributed by atoms with Crippen molar-refractivity contribution in [2.24, 2.45) is 0 Å². The molecule has 1 aromatic carbocycles. The first-order valence-electron chi connectivity index (χ1n) is 7.87. The minimum absolute atomic E-state index is 0.344. The number of aliphatic carboxylic acids is 1. The molecule has 0 radical (unpaired) electrons. The second-order valence-electron chi connectivity index (χ2n) is 6.20. The molecule has 3 rings (SSSR count). The average Bonchev–Trinajstić information content (AvgIpc) is 2.92. The molecule has 8 heteroatoms. The van der Waals surface area contributed by atoms with Crippen molar-refractivity contribution >= 4 is 17.6 Å². The van der Waals surface area contributed by atoms with Crippen molar-refractivity contribution in [3.05, 3.63) is 36.2 Å². The monoisotopic (exact) mass is 345 g/mol. The highest BCUT2D eigenvalue weighted by molar-refractivity contribution is 6.04. The summed E-state index contributed by atoms with van der Waals surface area (Å²) in [6.45, 7) is 4.17. The molecule has 0 aliphatic carbocycles. The average molecular weight is 345 g/mol. The molecule has 0 spiro atoms. The van der Waals surface area contributed by atoms with Crippen LogP contribution < -0.4 is 14.8 Å². The minimum atomic E-state index is -1.21. The van der Waals surface area contributed by atoms with E-state index in [2.05, 4.69) is 10.4 Å². The number of carbonyl (C=O) groups is 2. The van der Waals surface area contributed by atoms with E-state index in [1.807, 2.05) is 0 Å². The molecule has 0 saturated heterocycles. The molecule has 1 aromatic heterocycles. The largest absolute Gasteiger partial charge is 0.490 e. The van der Waals surface area contributed by atoms with E-state index in [0.717, 1.165) is 6.42 Å². The maximum atomic E-state index is 12.4. The lowest BCUT2D eigenvalue weighted by atomic mass is 10.1. The van der Waals surface area contributed by atoms with Gasteiger partial charge in [-0.2, -0.15) is 5.10 Å². The number of hydrogen-bond acceptors (Lipinski definition) is 5. The normalized spacial score (nSPS) is 13.8. The third kappa shape index (κ3) is 3.42. The quantitative estimate of drug-likeness (QED) is 0.880. The topological polar surface area (TPSA) is 103 Å². The molecule has 2 heterocycles. The van der Waals surface area contributed by atoms with Crippen LogP contribution in [0, 0.1) is 0 Å². The number of hydrogen-bond donors (Lipinski definition) is 2. The van der Waals surface area contributed by atoms with E-state index in [1.54, 1.807) is 18.2 Å². The van der Waals surface area contributed by atoms with Crippen molar-refractivity contribution in [2.75, 3.05) is 18.5 Å². The Morgan fingerprint density at radius 3 is 2.68 bits per heavy atom. The standard InChI is InChI=1S/C17H19N3O5/c1-17(2,16(22)23)20-10-12(9-18-20)19-15(21)11-4-5-13-14(8-11)25-7-3-6-24-13/h4-5,8-10H,3,6-7H2,1-2H3,(H,19,21)(H,22,23). The lowest BCUT2D eigenvalue weighted by molar-refractivity contribution is -0.146. The van der Waals surface area contributed by atoms with Crippen molar-refractivity contribution in [1.29, 1.82) is 0 Å². The van der Waals surface area contributed by atoms with Gasteiger partial charge in [0, 0.05) is 18.2 Å². The maximum Gasteiger partial charge on any atom is 0.331 e. The first-order valence-corrected chi connectivity index (χ1v) is 7.87. The third-order valence-electron chi connectivity index (χ3n) is 3.95. The van der Waals surface area contributed by atoms with Crippen LogP contribution in [-0.4, -0.2) is 40.0 Å². The van der Waals surface area contributed by atoms with Crippen LogP contribution in [0.3, 0.4) is 0 Å². The molecule has 2 aromatic rings. The molecule has 1 aliphatic rings. The van der Waals surface area contributed by atoms with Crippen LogP contribution >= 0.6 is 0 Å². The van der Waals surface area contributed by atoms with Crippen LogP contribution in [0.15, 0.2) is 30.6 Å². The van der Waals surface area contributed by atoms with Gasteiger partial charge in [-0.15, -0.1) is 0 Å². The summed E-state index contributed by atoms with van der Waals surface area (Å²) in [7, 11) is 0. The van der Waals surface area contributed by atoms with Crippen LogP contribution in [0.1, 0.15) is 30.6 Å². The predicted molar refractivity (Wildman–Crippen MR) is 89.2 cm³/mol. The lowest BCUT2D eigenvalue weighted by Gasteiger charge is -2.19. The van der Waals surface area contributed by atoms with Gasteiger partial charge in [0.15, 0.2) is 17.0 Å². The number of amides is 1. The fraction of sp³-hybridized carbons (Fsp3) is 0.353. The van der Waals surface area contributed by atoms with Gasteiger partial charge in [-0.25, -0.2) is 4.79 Å². The van der Waals surface area contributed by atoms with Gasteiger partial charge in [0.2, 0.25) is 0 Å². The highest BCUT2D eigenvalue weighted by atomic mass is 16.5. The summed E-state index contributed by atoms with van der Waals surface area (Å²) in [5, 5.41) is 15.9. The van der Waals surface area contributed by atoms with Crippen molar-refractivity contribution in [1.82, 2.24) is 9.78 Å². The van der Waals surface area contributed by atoms with E-state index < -0.39 is 11.5 Å². The molecule has 0 fully saturated rings. The van der Waals surface area contributed by atoms with E-state index in [1.165, 1.54) is 30.9 Å². The zero-order valence-electron chi connectivity index (χ0n) is 14.0. The molecule has 8 nitrogen and oxygen atoms in total. The number of ether oxygens (including phenoxy) is 2. The molecule has 25 heavy (non-hydrogen) atoms. The Balaban J connectivity index is 1.76. The number of nitrogens with zero attached hydrogens (tertiary/aromatic N) is 2. The molecule has 1 aliphatic heterocycles. The Bertz CT molecular complexity index is 812. The number of carboxylic acid groups (broad SMARTS) is 1. The van der Waals surface area contributed by atoms with Gasteiger partial charge in [-0.1, -0.05) is 0 Å². The van der Waals surface area contributed by atoms with Gasteiger partial charge >= 0.3 is 5.97 Å². The minimum Gasteiger partial charge on any atom is -0.490 e. The molecular formula is C17H19N3O5. The molecule has 0 unspecified atom stereocenters. The molecule has 0 saturated carbocycles. The fourth-order valence-electron chi connectivity index (χ4n) is 2.30. The number of benzene rings is 1.